The molecule has 2 N–H and O–H groups in total. The molecule has 1 aromatic heterocycles. The number of benzene rings is 2. The van der Waals surface area contributed by atoms with Crippen LogP contribution in [0.5, 0.6) is 0 Å². The molecule has 0 radical (unpaired) electrons. The fourth-order valence-corrected chi connectivity index (χ4v) is 4.85. The molecule has 2 atom stereocenters. The number of methoxy groups -OCH3 is 1. The summed E-state index contributed by atoms with van der Waals surface area (Å²) in [7, 11) is 1.65. The van der Waals surface area contributed by atoms with Gasteiger partial charge in [-0.25, -0.2) is 13.9 Å². The molecule has 2 heterocycles. The van der Waals surface area contributed by atoms with Gasteiger partial charge >= 0.3 is 6.03 Å². The van der Waals surface area contributed by atoms with Crippen molar-refractivity contribution in [2.45, 2.75) is 32.2 Å². The Balaban J connectivity index is 1.59. The van der Waals surface area contributed by atoms with E-state index in [1.54, 1.807) is 37.8 Å². The molecule has 8 nitrogen and oxygen atoms in total. The van der Waals surface area contributed by atoms with E-state index in [9.17, 15) is 14.0 Å². The van der Waals surface area contributed by atoms with Crippen molar-refractivity contribution in [2.75, 3.05) is 38.7 Å². The number of urea groups is 1. The molecule has 2 amide bonds. The number of nitrogens with zero attached hydrogens (tertiary/aromatic N) is 3. The summed E-state index contributed by atoms with van der Waals surface area (Å²) in [5.41, 5.74) is 2.49. The highest BCUT2D eigenvalue weighted by Gasteiger charge is 2.35. The molecule has 1 unspecified atom stereocenters. The minimum atomic E-state index is -0.482. The highest BCUT2D eigenvalue weighted by Crippen LogP contribution is 2.31. The molecule has 37 heavy (non-hydrogen) atoms. The Hall–Kier alpha value is -3.27. The molecule has 1 aliphatic heterocycles. The fourth-order valence-electron chi connectivity index (χ4n) is 4.66. The summed E-state index contributed by atoms with van der Waals surface area (Å²) in [6.45, 7) is 6.06. The summed E-state index contributed by atoms with van der Waals surface area (Å²) < 4.78 is 20.6. The van der Waals surface area contributed by atoms with Crippen LogP contribution in [0, 0.1) is 12.7 Å². The van der Waals surface area contributed by atoms with Crippen LogP contribution in [0.3, 0.4) is 0 Å². The minimum Gasteiger partial charge on any atom is -0.383 e. The van der Waals surface area contributed by atoms with Crippen molar-refractivity contribution >= 4 is 29.2 Å². The summed E-state index contributed by atoms with van der Waals surface area (Å²) in [5, 5.41) is 10.6. The number of Topliss-reactive ketones (excluding diaryl/α,β-unsaturated/α-hetero) is 1. The van der Waals surface area contributed by atoms with Gasteiger partial charge in [0.05, 0.1) is 23.4 Å². The zero-order chi connectivity index (χ0) is 26.5. The first-order valence-electron chi connectivity index (χ1n) is 12.2. The van der Waals surface area contributed by atoms with Crippen LogP contribution < -0.4 is 10.6 Å². The number of halogens is 2. The summed E-state index contributed by atoms with van der Waals surface area (Å²) in [5.74, 6) is -0.258. The van der Waals surface area contributed by atoms with E-state index >= 15 is 0 Å². The first kappa shape index (κ1) is 26.8. The molecule has 1 aliphatic rings. The van der Waals surface area contributed by atoms with Crippen molar-refractivity contribution in [1.82, 2.24) is 20.0 Å². The summed E-state index contributed by atoms with van der Waals surface area (Å²) in [6, 6.07) is 13.3. The summed E-state index contributed by atoms with van der Waals surface area (Å²) in [4.78, 5) is 28.0. The number of aromatic nitrogens is 2. The third-order valence-corrected chi connectivity index (χ3v) is 6.93. The Bertz CT molecular complexity index is 1270. The van der Waals surface area contributed by atoms with E-state index in [-0.39, 0.29) is 22.8 Å². The molecule has 1 saturated heterocycles. The van der Waals surface area contributed by atoms with Crippen molar-refractivity contribution in [3.05, 3.63) is 76.2 Å². The molecule has 0 spiro atoms. The molecule has 196 valence electrons. The zero-order valence-electron chi connectivity index (χ0n) is 21.1. The van der Waals surface area contributed by atoms with Crippen molar-refractivity contribution < 1.29 is 18.7 Å². The van der Waals surface area contributed by atoms with E-state index in [0.29, 0.717) is 49.7 Å². The third-order valence-electron chi connectivity index (χ3n) is 6.64. The van der Waals surface area contributed by atoms with E-state index in [1.807, 2.05) is 30.3 Å². The summed E-state index contributed by atoms with van der Waals surface area (Å²) >= 11 is 6.06. The number of hydrogen-bond donors (Lipinski definition) is 2. The maximum atomic E-state index is 13.8. The van der Waals surface area contributed by atoms with Gasteiger partial charge in [0.1, 0.15) is 17.3 Å². The quantitative estimate of drug-likeness (QED) is 0.390. The minimum absolute atomic E-state index is 0.0477. The van der Waals surface area contributed by atoms with Crippen LogP contribution in [-0.2, 0) is 4.74 Å². The summed E-state index contributed by atoms with van der Waals surface area (Å²) in [6.07, 6.45) is 0.305. The molecule has 2 aromatic carbocycles. The lowest BCUT2D eigenvalue weighted by Gasteiger charge is -2.21. The molecule has 4 rings (SSSR count). The highest BCUT2D eigenvalue weighted by molar-refractivity contribution is 6.30. The van der Waals surface area contributed by atoms with E-state index < -0.39 is 11.8 Å². The average Bonchev–Trinajstić information content (AvgIpc) is 3.45. The van der Waals surface area contributed by atoms with Gasteiger partial charge in [0, 0.05) is 44.6 Å². The van der Waals surface area contributed by atoms with E-state index in [1.165, 1.54) is 6.07 Å². The largest absolute Gasteiger partial charge is 0.383 e. The number of ketones is 1. The number of anilines is 1. The van der Waals surface area contributed by atoms with Crippen LogP contribution in [0.25, 0.3) is 5.69 Å². The van der Waals surface area contributed by atoms with Gasteiger partial charge in [0.15, 0.2) is 5.78 Å². The number of rotatable bonds is 9. The van der Waals surface area contributed by atoms with Gasteiger partial charge in [0.25, 0.3) is 0 Å². The molecular formula is C27H31ClFN5O3. The number of para-hydroxylation sites is 1. The highest BCUT2D eigenvalue weighted by atomic mass is 35.5. The van der Waals surface area contributed by atoms with Gasteiger partial charge in [-0.05, 0) is 36.8 Å². The van der Waals surface area contributed by atoms with Crippen molar-refractivity contribution in [2.24, 2.45) is 0 Å². The van der Waals surface area contributed by atoms with Crippen LogP contribution >= 0.6 is 11.6 Å². The molecule has 10 heteroatoms. The van der Waals surface area contributed by atoms with Crippen LogP contribution in [-0.4, -0.2) is 65.9 Å². The van der Waals surface area contributed by atoms with Gasteiger partial charge in [-0.15, -0.1) is 0 Å². The monoisotopic (exact) mass is 527 g/mol. The number of amides is 2. The fraction of sp³-hybridized carbons (Fsp3) is 0.370. The smallest absolute Gasteiger partial charge is 0.320 e. The van der Waals surface area contributed by atoms with Crippen LogP contribution in [0.1, 0.15) is 40.9 Å². The van der Waals surface area contributed by atoms with Crippen LogP contribution in [0.15, 0.2) is 48.5 Å². The lowest BCUT2D eigenvalue weighted by atomic mass is 9.94. The average molecular weight is 528 g/mol. The molecule has 1 fully saturated rings. The Morgan fingerprint density at radius 2 is 1.95 bits per heavy atom. The second kappa shape index (κ2) is 11.9. The maximum absolute atomic E-state index is 13.8. The second-order valence-corrected chi connectivity index (χ2v) is 9.49. The van der Waals surface area contributed by atoms with E-state index in [4.69, 9.17) is 16.3 Å². The number of hydrogen-bond acceptors (Lipinski definition) is 5. The van der Waals surface area contributed by atoms with Crippen molar-refractivity contribution in [3.8, 4) is 5.69 Å². The van der Waals surface area contributed by atoms with E-state index in [2.05, 4.69) is 20.6 Å². The van der Waals surface area contributed by atoms with Gasteiger partial charge in [-0.3, -0.25) is 15.0 Å². The van der Waals surface area contributed by atoms with Gasteiger partial charge in [-0.1, -0.05) is 42.8 Å². The predicted octanol–water partition coefficient (Wildman–Crippen LogP) is 4.80. The molecule has 0 saturated carbocycles. The SMILES string of the molecule is CCC(=O)c1nn(-c2ccccc2)c(NC(=O)N[C@@H]2CN(CCOC)CC2c2ccc(F)c(Cl)c2)c1C. The van der Waals surface area contributed by atoms with Gasteiger partial charge in [0.2, 0.25) is 0 Å². The first-order valence-corrected chi connectivity index (χ1v) is 12.6. The number of nitrogens with one attached hydrogen (secondary N) is 2. The molecular weight excluding hydrogens is 497 g/mol. The maximum Gasteiger partial charge on any atom is 0.320 e. The standard InChI is InChI=1S/C27H31ClFN5O3/c1-4-24(35)25-17(2)26(34(32-25)19-8-6-5-7-9-19)31-27(36)30-23-16-33(12-13-37-3)15-20(23)18-10-11-22(29)21(28)14-18/h5-11,14,20,23H,4,12-13,15-16H2,1-3H3,(H2,30,31,36)/t20?,23-/m1/s1. The Morgan fingerprint density at radius 1 is 1.19 bits per heavy atom. The zero-order valence-corrected chi connectivity index (χ0v) is 21.9. The van der Waals surface area contributed by atoms with Crippen molar-refractivity contribution in [3.63, 3.8) is 0 Å². The van der Waals surface area contributed by atoms with E-state index in [0.717, 1.165) is 11.3 Å². The van der Waals surface area contributed by atoms with Crippen LogP contribution in [0.4, 0.5) is 15.0 Å². The Kier molecular flexibility index (Phi) is 8.58. The van der Waals surface area contributed by atoms with Gasteiger partial charge in [-0.2, -0.15) is 5.10 Å². The molecule has 0 aliphatic carbocycles. The molecule has 3 aromatic rings. The van der Waals surface area contributed by atoms with Gasteiger partial charge < -0.3 is 10.1 Å². The Labute approximate surface area is 220 Å². The second-order valence-electron chi connectivity index (χ2n) is 9.08. The lowest BCUT2D eigenvalue weighted by molar-refractivity contribution is 0.0982. The Morgan fingerprint density at radius 3 is 2.62 bits per heavy atom. The number of ether oxygens (including phenoxy) is 1. The third kappa shape index (κ3) is 6.01. The first-order chi connectivity index (χ1) is 17.8. The predicted molar refractivity (Wildman–Crippen MR) is 141 cm³/mol. The number of likely N-dealkylation sites (tertiary alicyclic amines) is 1. The number of carbonyl (C=O) groups excluding carboxylic acids is 2. The topological polar surface area (TPSA) is 88.5 Å². The van der Waals surface area contributed by atoms with Crippen molar-refractivity contribution in [1.29, 1.82) is 0 Å². The van der Waals surface area contributed by atoms with Crippen LogP contribution in [0.2, 0.25) is 5.02 Å². The lowest BCUT2D eigenvalue weighted by Crippen LogP contribution is -2.42. The normalized spacial score (nSPS) is 17.6. The number of carbonyl (C=O) groups is 2. The molecule has 0 bridgehead atoms.